The first-order valence-electron chi connectivity index (χ1n) is 8.10. The summed E-state index contributed by atoms with van der Waals surface area (Å²) in [6.45, 7) is 3.23. The number of cyclic esters (lactones) is 1. The third kappa shape index (κ3) is 3.29. The molecule has 0 N–H and O–H groups in total. The van der Waals surface area contributed by atoms with Crippen molar-refractivity contribution >= 4 is 28.7 Å². The van der Waals surface area contributed by atoms with Crippen molar-refractivity contribution in [3.05, 3.63) is 71.3 Å². The first kappa shape index (κ1) is 16.8. The van der Waals surface area contributed by atoms with Crippen molar-refractivity contribution in [2.45, 2.75) is 19.8 Å². The molecule has 1 aliphatic heterocycles. The van der Waals surface area contributed by atoms with Crippen LogP contribution in [-0.2, 0) is 19.1 Å². The van der Waals surface area contributed by atoms with Crippen molar-refractivity contribution in [1.29, 1.82) is 0 Å². The molecule has 3 rings (SSSR count). The smallest absolute Gasteiger partial charge is 0.339 e. The lowest BCUT2D eigenvalue weighted by atomic mass is 9.91. The van der Waals surface area contributed by atoms with Gasteiger partial charge in [0.05, 0.1) is 5.57 Å². The SMILES string of the molecule is CC(=O)C(=O)C(C)c1ccc(C2=C(c3ccccc3)C(=O)OC2)cc1. The molecule has 0 aliphatic carbocycles. The number of benzene rings is 2. The van der Waals surface area contributed by atoms with Gasteiger partial charge in [-0.25, -0.2) is 4.79 Å². The molecule has 0 saturated carbocycles. The van der Waals surface area contributed by atoms with Crippen LogP contribution < -0.4 is 0 Å². The lowest BCUT2D eigenvalue weighted by molar-refractivity contribution is -0.136. The molecule has 0 spiro atoms. The molecule has 0 fully saturated rings. The molecule has 0 saturated heterocycles. The van der Waals surface area contributed by atoms with E-state index in [0.717, 1.165) is 22.3 Å². The molecule has 1 aliphatic rings. The highest BCUT2D eigenvalue weighted by Gasteiger charge is 2.27. The quantitative estimate of drug-likeness (QED) is 0.621. The second-order valence-corrected chi connectivity index (χ2v) is 6.06. The maximum absolute atomic E-state index is 12.1. The molecule has 25 heavy (non-hydrogen) atoms. The van der Waals surface area contributed by atoms with Crippen LogP contribution in [0.15, 0.2) is 54.6 Å². The standard InChI is InChI=1S/C21H18O4/c1-13(20(23)14(2)22)15-8-10-16(11-9-15)18-12-25-21(24)19(18)17-6-4-3-5-7-17/h3-11,13H,12H2,1-2H3. The van der Waals surface area contributed by atoms with Gasteiger partial charge in [-0.1, -0.05) is 61.5 Å². The minimum Gasteiger partial charge on any atom is -0.457 e. The van der Waals surface area contributed by atoms with Gasteiger partial charge in [-0.3, -0.25) is 9.59 Å². The number of rotatable bonds is 5. The van der Waals surface area contributed by atoms with E-state index in [1.807, 2.05) is 54.6 Å². The van der Waals surface area contributed by atoms with Crippen LogP contribution in [0.2, 0.25) is 0 Å². The Morgan fingerprint density at radius 3 is 2.20 bits per heavy atom. The summed E-state index contributed by atoms with van der Waals surface area (Å²) in [5, 5.41) is 0. The fourth-order valence-corrected chi connectivity index (χ4v) is 2.96. The van der Waals surface area contributed by atoms with Crippen molar-refractivity contribution < 1.29 is 19.1 Å². The molecule has 0 bridgehead atoms. The number of carbonyl (C=O) groups excluding carboxylic acids is 3. The summed E-state index contributed by atoms with van der Waals surface area (Å²) < 4.78 is 5.22. The molecule has 1 heterocycles. The molecule has 4 heteroatoms. The number of carbonyl (C=O) groups is 3. The molecule has 126 valence electrons. The van der Waals surface area contributed by atoms with Crippen LogP contribution in [0.1, 0.15) is 36.5 Å². The fourth-order valence-electron chi connectivity index (χ4n) is 2.96. The second-order valence-electron chi connectivity index (χ2n) is 6.06. The zero-order chi connectivity index (χ0) is 18.0. The highest BCUT2D eigenvalue weighted by Crippen LogP contribution is 2.33. The van der Waals surface area contributed by atoms with E-state index < -0.39 is 17.5 Å². The minimum absolute atomic E-state index is 0.227. The largest absolute Gasteiger partial charge is 0.457 e. The minimum atomic E-state index is -0.476. The summed E-state index contributed by atoms with van der Waals surface area (Å²) in [6.07, 6.45) is 0. The van der Waals surface area contributed by atoms with Gasteiger partial charge >= 0.3 is 5.97 Å². The van der Waals surface area contributed by atoms with Crippen LogP contribution in [0.4, 0.5) is 0 Å². The third-order valence-electron chi connectivity index (χ3n) is 4.42. The number of esters is 1. The van der Waals surface area contributed by atoms with Gasteiger partial charge < -0.3 is 4.74 Å². The van der Waals surface area contributed by atoms with E-state index in [1.165, 1.54) is 6.92 Å². The summed E-state index contributed by atoms with van der Waals surface area (Å²) in [6, 6.07) is 16.8. The number of Topliss-reactive ketones (excluding diaryl/α,β-unsaturated/α-hetero) is 2. The molecule has 4 nitrogen and oxygen atoms in total. The Morgan fingerprint density at radius 2 is 1.60 bits per heavy atom. The summed E-state index contributed by atoms with van der Waals surface area (Å²) in [7, 11) is 0. The van der Waals surface area contributed by atoms with Gasteiger partial charge in [-0.2, -0.15) is 0 Å². The van der Waals surface area contributed by atoms with Crippen LogP contribution >= 0.6 is 0 Å². The first-order valence-corrected chi connectivity index (χ1v) is 8.10. The zero-order valence-electron chi connectivity index (χ0n) is 14.1. The normalized spacial score (nSPS) is 15.0. The van der Waals surface area contributed by atoms with E-state index >= 15 is 0 Å². The highest BCUT2D eigenvalue weighted by atomic mass is 16.5. The Morgan fingerprint density at radius 1 is 0.960 bits per heavy atom. The van der Waals surface area contributed by atoms with Crippen molar-refractivity contribution in [2.75, 3.05) is 6.61 Å². The number of ketones is 2. The van der Waals surface area contributed by atoms with Crippen molar-refractivity contribution in [1.82, 2.24) is 0 Å². The summed E-state index contributed by atoms with van der Waals surface area (Å²) in [5.74, 6) is -1.65. The highest BCUT2D eigenvalue weighted by molar-refractivity contribution is 6.38. The topological polar surface area (TPSA) is 60.4 Å². The summed E-state index contributed by atoms with van der Waals surface area (Å²) in [4.78, 5) is 35.2. The van der Waals surface area contributed by atoms with Crippen LogP contribution in [-0.4, -0.2) is 24.1 Å². The zero-order valence-corrected chi connectivity index (χ0v) is 14.1. The number of ether oxygens (including phenoxy) is 1. The predicted molar refractivity (Wildman–Crippen MR) is 94.8 cm³/mol. The van der Waals surface area contributed by atoms with Gasteiger partial charge in [0.1, 0.15) is 6.61 Å². The Hall–Kier alpha value is -3.01. The van der Waals surface area contributed by atoms with Crippen LogP contribution in [0.25, 0.3) is 11.1 Å². The molecule has 1 unspecified atom stereocenters. The fraction of sp³-hybridized carbons (Fsp3) is 0.190. The first-order chi connectivity index (χ1) is 12.0. The molecular weight excluding hydrogens is 316 g/mol. The van der Waals surface area contributed by atoms with Gasteiger partial charge in [-0.15, -0.1) is 0 Å². The molecular formula is C21H18O4. The molecule has 2 aromatic carbocycles. The van der Waals surface area contributed by atoms with Crippen molar-refractivity contribution in [3.63, 3.8) is 0 Å². The van der Waals surface area contributed by atoms with E-state index in [1.54, 1.807) is 6.92 Å². The van der Waals surface area contributed by atoms with Gasteiger partial charge in [0.15, 0.2) is 5.78 Å². The molecule has 1 atom stereocenters. The van der Waals surface area contributed by atoms with Gasteiger partial charge in [-0.05, 0) is 16.7 Å². The maximum atomic E-state index is 12.1. The Kier molecular flexibility index (Phi) is 4.61. The van der Waals surface area contributed by atoms with Gasteiger partial charge in [0.2, 0.25) is 5.78 Å². The van der Waals surface area contributed by atoms with Crippen molar-refractivity contribution in [3.8, 4) is 0 Å². The second kappa shape index (κ2) is 6.85. The monoisotopic (exact) mass is 334 g/mol. The predicted octanol–water partition coefficient (Wildman–Crippen LogP) is 3.42. The van der Waals surface area contributed by atoms with E-state index in [-0.39, 0.29) is 12.6 Å². The van der Waals surface area contributed by atoms with Crippen LogP contribution in [0.5, 0.6) is 0 Å². The lowest BCUT2D eigenvalue weighted by Crippen LogP contribution is -2.17. The van der Waals surface area contributed by atoms with Crippen LogP contribution in [0, 0.1) is 0 Å². The van der Waals surface area contributed by atoms with Crippen molar-refractivity contribution in [2.24, 2.45) is 0 Å². The van der Waals surface area contributed by atoms with E-state index in [4.69, 9.17) is 4.74 Å². The third-order valence-corrected chi connectivity index (χ3v) is 4.42. The number of hydrogen-bond donors (Lipinski definition) is 0. The summed E-state index contributed by atoms with van der Waals surface area (Å²) in [5.41, 5.74) is 3.87. The van der Waals surface area contributed by atoms with E-state index in [9.17, 15) is 14.4 Å². The van der Waals surface area contributed by atoms with Gasteiger partial charge in [0.25, 0.3) is 0 Å². The molecule has 2 aromatic rings. The molecule has 0 radical (unpaired) electrons. The van der Waals surface area contributed by atoms with E-state index in [2.05, 4.69) is 0 Å². The molecule has 0 aromatic heterocycles. The maximum Gasteiger partial charge on any atom is 0.339 e. The Labute approximate surface area is 146 Å². The average molecular weight is 334 g/mol. The van der Waals surface area contributed by atoms with Gasteiger partial charge in [0, 0.05) is 18.4 Å². The number of hydrogen-bond acceptors (Lipinski definition) is 4. The summed E-state index contributed by atoms with van der Waals surface area (Å²) >= 11 is 0. The lowest BCUT2D eigenvalue weighted by Gasteiger charge is -2.10. The average Bonchev–Trinajstić information content (AvgIpc) is 3.02. The molecule has 0 amide bonds. The van der Waals surface area contributed by atoms with Crippen LogP contribution in [0.3, 0.4) is 0 Å². The Bertz CT molecular complexity index is 861. The Balaban J connectivity index is 1.96. The van der Waals surface area contributed by atoms with E-state index in [0.29, 0.717) is 5.57 Å².